The summed E-state index contributed by atoms with van der Waals surface area (Å²) in [6.07, 6.45) is -1.04. The first-order valence-electron chi connectivity index (χ1n) is 4.33. The van der Waals surface area contributed by atoms with E-state index >= 15 is 0 Å². The number of ether oxygens (including phenoxy) is 3. The van der Waals surface area contributed by atoms with E-state index in [2.05, 4.69) is 0 Å². The fourth-order valence-electron chi connectivity index (χ4n) is 1.18. The lowest BCUT2D eigenvalue weighted by molar-refractivity contribution is -0.240. The summed E-state index contributed by atoms with van der Waals surface area (Å²) in [6.45, 7) is 0.581. The van der Waals surface area contributed by atoms with Crippen molar-refractivity contribution >= 4 is 0 Å². The van der Waals surface area contributed by atoms with Crippen LogP contribution in [0.25, 0.3) is 0 Å². The third-order valence-corrected chi connectivity index (χ3v) is 2.01. The predicted octanol–water partition coefficient (Wildman–Crippen LogP) is -0.882. The number of aliphatic hydroxyl groups is 2. The molecule has 1 rings (SSSR count). The van der Waals surface area contributed by atoms with Crippen molar-refractivity contribution in [2.24, 2.45) is 0 Å². The van der Waals surface area contributed by atoms with Gasteiger partial charge in [0.05, 0.1) is 19.3 Å². The van der Waals surface area contributed by atoms with Crippen molar-refractivity contribution in [1.82, 2.24) is 0 Å². The van der Waals surface area contributed by atoms with Crippen molar-refractivity contribution in [1.29, 1.82) is 0 Å². The quantitative estimate of drug-likeness (QED) is 0.605. The average molecular weight is 192 g/mol. The highest BCUT2D eigenvalue weighted by Crippen LogP contribution is 2.12. The Balaban J connectivity index is 2.23. The van der Waals surface area contributed by atoms with Gasteiger partial charge in [-0.1, -0.05) is 0 Å². The molecule has 0 aromatic carbocycles. The van der Waals surface area contributed by atoms with Crippen LogP contribution < -0.4 is 0 Å². The lowest BCUT2D eigenvalue weighted by Crippen LogP contribution is -2.43. The second-order valence-corrected chi connectivity index (χ2v) is 2.95. The maximum atomic E-state index is 9.43. The van der Waals surface area contributed by atoms with Crippen molar-refractivity contribution in [3.05, 3.63) is 0 Å². The van der Waals surface area contributed by atoms with E-state index in [0.29, 0.717) is 19.6 Å². The fraction of sp³-hybridized carbons (Fsp3) is 1.00. The summed E-state index contributed by atoms with van der Waals surface area (Å²) in [5, 5.41) is 18.0. The van der Waals surface area contributed by atoms with Crippen molar-refractivity contribution in [3.8, 4) is 0 Å². The van der Waals surface area contributed by atoms with E-state index in [1.54, 1.807) is 7.11 Å². The molecule has 0 spiro atoms. The summed E-state index contributed by atoms with van der Waals surface area (Å²) in [5.41, 5.74) is 0. The molecule has 0 aromatic rings. The molecule has 1 heterocycles. The molecule has 0 bridgehead atoms. The third kappa shape index (κ3) is 3.21. The van der Waals surface area contributed by atoms with Crippen LogP contribution in [-0.2, 0) is 14.2 Å². The number of rotatable bonds is 4. The van der Waals surface area contributed by atoms with Crippen LogP contribution in [0.3, 0.4) is 0 Å². The highest BCUT2D eigenvalue weighted by molar-refractivity contribution is 4.71. The van der Waals surface area contributed by atoms with E-state index in [4.69, 9.17) is 19.3 Å². The van der Waals surface area contributed by atoms with Gasteiger partial charge in [-0.15, -0.1) is 0 Å². The molecule has 1 aliphatic heterocycles. The largest absolute Gasteiger partial charge is 0.396 e. The minimum absolute atomic E-state index is 0.0469. The molecule has 2 N–H and O–H groups in total. The summed E-state index contributed by atoms with van der Waals surface area (Å²) in [4.78, 5) is 0. The van der Waals surface area contributed by atoms with Gasteiger partial charge in [0, 0.05) is 13.7 Å². The Morgan fingerprint density at radius 1 is 1.46 bits per heavy atom. The topological polar surface area (TPSA) is 68.2 Å². The average Bonchev–Trinajstić information content (AvgIpc) is 2.18. The van der Waals surface area contributed by atoms with Gasteiger partial charge < -0.3 is 24.4 Å². The Kier molecular flexibility index (Phi) is 4.61. The molecule has 0 radical (unpaired) electrons. The summed E-state index contributed by atoms with van der Waals surface area (Å²) >= 11 is 0. The van der Waals surface area contributed by atoms with E-state index in [1.807, 2.05) is 0 Å². The first kappa shape index (κ1) is 10.9. The zero-order chi connectivity index (χ0) is 9.68. The van der Waals surface area contributed by atoms with E-state index in [-0.39, 0.29) is 19.0 Å². The van der Waals surface area contributed by atoms with E-state index in [9.17, 15) is 5.11 Å². The number of hydrogen-bond acceptors (Lipinski definition) is 5. The van der Waals surface area contributed by atoms with Gasteiger partial charge in [-0.2, -0.15) is 0 Å². The van der Waals surface area contributed by atoms with Crippen LogP contribution in [-0.4, -0.2) is 55.6 Å². The predicted molar refractivity (Wildman–Crippen MR) is 44.2 cm³/mol. The number of methoxy groups -OCH3 is 1. The zero-order valence-corrected chi connectivity index (χ0v) is 7.68. The van der Waals surface area contributed by atoms with Crippen molar-refractivity contribution < 1.29 is 24.4 Å². The molecule has 3 unspecified atom stereocenters. The fourth-order valence-corrected chi connectivity index (χ4v) is 1.18. The molecule has 13 heavy (non-hydrogen) atoms. The van der Waals surface area contributed by atoms with Gasteiger partial charge in [0.1, 0.15) is 6.10 Å². The Morgan fingerprint density at radius 2 is 2.23 bits per heavy atom. The number of hydrogen-bond donors (Lipinski definition) is 2. The second kappa shape index (κ2) is 5.51. The van der Waals surface area contributed by atoms with Crippen LogP contribution in [0.2, 0.25) is 0 Å². The smallest absolute Gasteiger partial charge is 0.180 e. The monoisotopic (exact) mass is 192 g/mol. The lowest BCUT2D eigenvalue weighted by Gasteiger charge is -2.31. The standard InChI is InChI=1S/C8H16O5/c1-11-8-5-12-7(4-13-8)6(10)2-3-9/h6-10H,2-5H2,1H3. The molecule has 78 valence electrons. The van der Waals surface area contributed by atoms with Crippen molar-refractivity contribution in [2.75, 3.05) is 26.9 Å². The summed E-state index contributed by atoms with van der Waals surface area (Å²) < 4.78 is 15.4. The van der Waals surface area contributed by atoms with E-state index in [0.717, 1.165) is 0 Å². The minimum atomic E-state index is -0.664. The van der Waals surface area contributed by atoms with Gasteiger partial charge in [-0.3, -0.25) is 0 Å². The van der Waals surface area contributed by atoms with Gasteiger partial charge in [0.15, 0.2) is 6.29 Å². The molecule has 0 amide bonds. The van der Waals surface area contributed by atoms with Gasteiger partial charge in [-0.25, -0.2) is 0 Å². The van der Waals surface area contributed by atoms with Crippen LogP contribution in [0.5, 0.6) is 0 Å². The Hall–Kier alpha value is -0.200. The second-order valence-electron chi connectivity index (χ2n) is 2.95. The molecular weight excluding hydrogens is 176 g/mol. The van der Waals surface area contributed by atoms with Crippen LogP contribution in [0.15, 0.2) is 0 Å². The van der Waals surface area contributed by atoms with Gasteiger partial charge in [-0.05, 0) is 6.42 Å². The van der Waals surface area contributed by atoms with Crippen LogP contribution >= 0.6 is 0 Å². The molecule has 0 saturated carbocycles. The molecule has 0 aliphatic carbocycles. The van der Waals surface area contributed by atoms with Crippen molar-refractivity contribution in [3.63, 3.8) is 0 Å². The van der Waals surface area contributed by atoms with Crippen LogP contribution in [0.1, 0.15) is 6.42 Å². The minimum Gasteiger partial charge on any atom is -0.396 e. The Bertz CT molecular complexity index is 132. The van der Waals surface area contributed by atoms with E-state index < -0.39 is 6.10 Å². The molecule has 0 aromatic heterocycles. The third-order valence-electron chi connectivity index (χ3n) is 2.01. The molecule has 5 heteroatoms. The van der Waals surface area contributed by atoms with Gasteiger partial charge in [0.2, 0.25) is 0 Å². The Labute approximate surface area is 77.2 Å². The van der Waals surface area contributed by atoms with Gasteiger partial charge in [0.25, 0.3) is 0 Å². The lowest BCUT2D eigenvalue weighted by atomic mass is 10.1. The summed E-state index contributed by atoms with van der Waals surface area (Å²) in [5.74, 6) is 0. The first-order chi connectivity index (χ1) is 6.27. The van der Waals surface area contributed by atoms with E-state index in [1.165, 1.54) is 0 Å². The zero-order valence-electron chi connectivity index (χ0n) is 7.68. The molecular formula is C8H16O5. The summed E-state index contributed by atoms with van der Waals surface area (Å²) in [6, 6.07) is 0. The van der Waals surface area contributed by atoms with Crippen LogP contribution in [0.4, 0.5) is 0 Å². The molecule has 5 nitrogen and oxygen atoms in total. The number of aliphatic hydroxyl groups excluding tert-OH is 2. The van der Waals surface area contributed by atoms with Crippen LogP contribution in [0, 0.1) is 0 Å². The highest BCUT2D eigenvalue weighted by atomic mass is 16.7. The molecule has 3 atom stereocenters. The summed E-state index contributed by atoms with van der Waals surface area (Å²) in [7, 11) is 1.54. The first-order valence-corrected chi connectivity index (χ1v) is 4.33. The SMILES string of the molecule is COC1COC(C(O)CCO)CO1. The highest BCUT2D eigenvalue weighted by Gasteiger charge is 2.27. The maximum Gasteiger partial charge on any atom is 0.180 e. The Morgan fingerprint density at radius 3 is 2.69 bits per heavy atom. The maximum absolute atomic E-state index is 9.43. The molecule has 1 aliphatic rings. The van der Waals surface area contributed by atoms with Crippen molar-refractivity contribution in [2.45, 2.75) is 24.9 Å². The van der Waals surface area contributed by atoms with Gasteiger partial charge >= 0.3 is 0 Å². The molecule has 1 fully saturated rings. The molecule has 1 saturated heterocycles. The normalized spacial score (nSPS) is 31.6.